The Hall–Kier alpha value is -0.860. The smallest absolute Gasteiger partial charge is 0.228 e. The van der Waals surface area contributed by atoms with Crippen molar-refractivity contribution in [1.82, 2.24) is 15.0 Å². The van der Waals surface area contributed by atoms with Gasteiger partial charge in [0.25, 0.3) is 0 Å². The molecule has 1 aliphatic rings. The second-order valence-corrected chi connectivity index (χ2v) is 4.63. The number of nitrogens with two attached hydrogens (primary N) is 1. The molecule has 0 atom stereocenters. The molecule has 1 aromatic heterocycles. The van der Waals surface area contributed by atoms with Crippen LogP contribution in [0.1, 0.15) is 37.4 Å². The number of aromatic nitrogens is 2. The highest BCUT2D eigenvalue weighted by Gasteiger charge is 2.10. The number of rotatable bonds is 3. The van der Waals surface area contributed by atoms with Crippen LogP contribution in [0.4, 0.5) is 0 Å². The monoisotopic (exact) mass is 379 g/mol. The zero-order valence-electron chi connectivity index (χ0n) is 11.3. The minimum absolute atomic E-state index is 0. The Labute approximate surface area is 130 Å². The molecule has 0 saturated carbocycles. The Morgan fingerprint density at radius 2 is 2.00 bits per heavy atom. The molecule has 0 unspecified atom stereocenters. The zero-order valence-corrected chi connectivity index (χ0v) is 13.7. The highest BCUT2D eigenvalue weighted by molar-refractivity contribution is 14.0. The van der Waals surface area contributed by atoms with Crippen molar-refractivity contribution in [3.8, 4) is 0 Å². The van der Waals surface area contributed by atoms with Crippen LogP contribution >= 0.6 is 24.0 Å². The lowest BCUT2D eigenvalue weighted by Gasteiger charge is -2.20. The summed E-state index contributed by atoms with van der Waals surface area (Å²) in [5.41, 5.74) is 6.00. The third kappa shape index (κ3) is 5.33. The molecule has 108 valence electrons. The van der Waals surface area contributed by atoms with Gasteiger partial charge in [-0.15, -0.1) is 24.0 Å². The molecular weight excluding hydrogens is 357 g/mol. The lowest BCUT2D eigenvalue weighted by molar-refractivity contribution is 0.375. The summed E-state index contributed by atoms with van der Waals surface area (Å²) in [5.74, 6) is 1.93. The topological polar surface area (TPSA) is 80.5 Å². The predicted octanol–water partition coefficient (Wildman–Crippen LogP) is 1.73. The largest absolute Gasteiger partial charge is 0.370 e. The summed E-state index contributed by atoms with van der Waals surface area (Å²) in [5, 5.41) is 3.74. The van der Waals surface area contributed by atoms with E-state index in [1.807, 2.05) is 6.92 Å². The average molecular weight is 379 g/mol. The first-order valence-corrected chi connectivity index (χ1v) is 6.60. The average Bonchev–Trinajstić information content (AvgIpc) is 2.63. The van der Waals surface area contributed by atoms with E-state index >= 15 is 0 Å². The van der Waals surface area contributed by atoms with E-state index in [0.717, 1.165) is 13.1 Å². The van der Waals surface area contributed by atoms with Crippen molar-refractivity contribution in [1.29, 1.82) is 0 Å². The number of aliphatic imine (C=N–C) groups is 1. The first kappa shape index (κ1) is 16.2. The minimum atomic E-state index is 0. The first-order valence-electron chi connectivity index (χ1n) is 6.60. The SMILES string of the molecule is Cc1noc(CCN=C(N)N2CCCCCC2)n1.I. The molecule has 2 N–H and O–H groups in total. The van der Waals surface area contributed by atoms with Gasteiger partial charge in [0.05, 0.1) is 6.54 Å². The molecule has 2 heterocycles. The van der Waals surface area contributed by atoms with Crippen molar-refractivity contribution in [2.75, 3.05) is 19.6 Å². The van der Waals surface area contributed by atoms with E-state index in [1.165, 1.54) is 25.7 Å². The van der Waals surface area contributed by atoms with Crippen molar-refractivity contribution in [2.45, 2.75) is 39.0 Å². The van der Waals surface area contributed by atoms with Crippen molar-refractivity contribution in [3.63, 3.8) is 0 Å². The summed E-state index contributed by atoms with van der Waals surface area (Å²) in [6, 6.07) is 0. The van der Waals surface area contributed by atoms with Crippen LogP contribution in [0.2, 0.25) is 0 Å². The van der Waals surface area contributed by atoms with Gasteiger partial charge in [-0.1, -0.05) is 18.0 Å². The van der Waals surface area contributed by atoms with E-state index in [0.29, 0.717) is 30.6 Å². The summed E-state index contributed by atoms with van der Waals surface area (Å²) < 4.78 is 5.03. The van der Waals surface area contributed by atoms with Crippen molar-refractivity contribution in [2.24, 2.45) is 10.7 Å². The maximum Gasteiger partial charge on any atom is 0.228 e. The Balaban J connectivity index is 0.00000180. The Bertz CT molecular complexity index is 399. The number of nitrogens with zero attached hydrogens (tertiary/aromatic N) is 4. The molecule has 0 aliphatic carbocycles. The van der Waals surface area contributed by atoms with Gasteiger partial charge in [0, 0.05) is 19.5 Å². The zero-order chi connectivity index (χ0) is 12.8. The van der Waals surface area contributed by atoms with Crippen LogP contribution < -0.4 is 5.73 Å². The van der Waals surface area contributed by atoms with Crippen LogP contribution in [0.5, 0.6) is 0 Å². The molecule has 1 aliphatic heterocycles. The molecule has 19 heavy (non-hydrogen) atoms. The van der Waals surface area contributed by atoms with E-state index in [9.17, 15) is 0 Å². The maximum absolute atomic E-state index is 6.00. The van der Waals surface area contributed by atoms with E-state index in [-0.39, 0.29) is 24.0 Å². The van der Waals surface area contributed by atoms with Gasteiger partial charge in [-0.25, -0.2) is 0 Å². The molecule has 1 fully saturated rings. The quantitative estimate of drug-likeness (QED) is 0.492. The number of hydrogen-bond acceptors (Lipinski definition) is 4. The number of guanidine groups is 1. The summed E-state index contributed by atoms with van der Waals surface area (Å²) in [4.78, 5) is 10.7. The summed E-state index contributed by atoms with van der Waals surface area (Å²) in [7, 11) is 0. The Morgan fingerprint density at radius 3 is 2.58 bits per heavy atom. The van der Waals surface area contributed by atoms with Crippen molar-refractivity contribution < 1.29 is 4.52 Å². The van der Waals surface area contributed by atoms with E-state index in [2.05, 4.69) is 20.0 Å². The number of aryl methyl sites for hydroxylation is 1. The number of halogens is 1. The Kier molecular flexibility index (Phi) is 7.11. The van der Waals surface area contributed by atoms with Gasteiger partial charge in [-0.05, 0) is 19.8 Å². The third-order valence-electron chi connectivity index (χ3n) is 3.10. The van der Waals surface area contributed by atoms with Crippen LogP contribution in [0.15, 0.2) is 9.52 Å². The van der Waals surface area contributed by atoms with Crippen molar-refractivity contribution >= 4 is 29.9 Å². The molecule has 0 aromatic carbocycles. The maximum atomic E-state index is 6.00. The lowest BCUT2D eigenvalue weighted by Crippen LogP contribution is -2.38. The van der Waals surface area contributed by atoms with E-state index < -0.39 is 0 Å². The third-order valence-corrected chi connectivity index (χ3v) is 3.10. The molecule has 0 amide bonds. The summed E-state index contributed by atoms with van der Waals surface area (Å²) in [6.07, 6.45) is 5.66. The molecular formula is C12H22IN5O. The number of hydrogen-bond donors (Lipinski definition) is 1. The summed E-state index contributed by atoms with van der Waals surface area (Å²) >= 11 is 0. The molecule has 1 saturated heterocycles. The fourth-order valence-electron chi connectivity index (χ4n) is 2.11. The molecule has 7 heteroatoms. The van der Waals surface area contributed by atoms with Crippen LogP contribution in [0.3, 0.4) is 0 Å². The van der Waals surface area contributed by atoms with E-state index in [1.54, 1.807) is 0 Å². The highest BCUT2D eigenvalue weighted by Crippen LogP contribution is 2.09. The standard InChI is InChI=1S/C12H21N5O.HI/c1-10-15-11(18-16-10)6-7-14-12(13)17-8-4-2-3-5-9-17;/h2-9H2,1H3,(H2,13,14);1H. The second-order valence-electron chi connectivity index (χ2n) is 4.63. The van der Waals surface area contributed by atoms with Gasteiger partial charge >= 0.3 is 0 Å². The van der Waals surface area contributed by atoms with Gasteiger partial charge in [0.2, 0.25) is 5.89 Å². The van der Waals surface area contributed by atoms with Crippen LogP contribution in [0, 0.1) is 6.92 Å². The van der Waals surface area contributed by atoms with Crippen LogP contribution in [0.25, 0.3) is 0 Å². The molecule has 2 rings (SSSR count). The van der Waals surface area contributed by atoms with Gasteiger partial charge < -0.3 is 15.2 Å². The number of likely N-dealkylation sites (tertiary alicyclic amines) is 1. The first-order chi connectivity index (χ1) is 8.75. The molecule has 0 radical (unpaired) electrons. The van der Waals surface area contributed by atoms with Crippen LogP contribution in [-0.2, 0) is 6.42 Å². The van der Waals surface area contributed by atoms with E-state index in [4.69, 9.17) is 10.3 Å². The summed E-state index contributed by atoms with van der Waals surface area (Å²) in [6.45, 7) is 4.45. The van der Waals surface area contributed by atoms with Gasteiger partial charge in [0.1, 0.15) is 0 Å². The fourth-order valence-corrected chi connectivity index (χ4v) is 2.11. The molecule has 1 aromatic rings. The normalized spacial score (nSPS) is 16.9. The predicted molar refractivity (Wildman–Crippen MR) is 84.7 cm³/mol. The minimum Gasteiger partial charge on any atom is -0.370 e. The lowest BCUT2D eigenvalue weighted by atomic mass is 10.2. The van der Waals surface area contributed by atoms with Crippen molar-refractivity contribution in [3.05, 3.63) is 11.7 Å². The van der Waals surface area contributed by atoms with Gasteiger partial charge in [-0.3, -0.25) is 4.99 Å². The second kappa shape index (κ2) is 8.34. The van der Waals surface area contributed by atoms with Gasteiger partial charge in [-0.2, -0.15) is 4.98 Å². The molecule has 0 spiro atoms. The highest BCUT2D eigenvalue weighted by atomic mass is 127. The molecule has 0 bridgehead atoms. The molecule has 6 nitrogen and oxygen atoms in total. The Morgan fingerprint density at radius 1 is 1.32 bits per heavy atom. The van der Waals surface area contributed by atoms with Crippen LogP contribution in [-0.4, -0.2) is 40.6 Å². The van der Waals surface area contributed by atoms with Gasteiger partial charge in [0.15, 0.2) is 11.8 Å². The fraction of sp³-hybridized carbons (Fsp3) is 0.750.